The molecule has 1 nitrogen and oxygen atoms in total. The van der Waals surface area contributed by atoms with E-state index >= 15 is 0 Å². The van der Waals surface area contributed by atoms with Crippen LogP contribution in [0.15, 0.2) is 0 Å². The number of hydrogen-bond acceptors (Lipinski definition) is 0. The van der Waals surface area contributed by atoms with Crippen LogP contribution in [-0.2, 0) is 0 Å². The largest absolute Gasteiger partial charge is 1.00 e. The van der Waals surface area contributed by atoms with Gasteiger partial charge in [0.2, 0.25) is 0 Å². The fourth-order valence-corrected chi connectivity index (χ4v) is 3.26. The van der Waals surface area contributed by atoms with Crippen molar-refractivity contribution in [3.63, 3.8) is 0 Å². The normalized spacial score (nSPS) is 11.4. The van der Waals surface area contributed by atoms with E-state index in [0.29, 0.717) is 0 Å². The average Bonchev–Trinajstić information content (AvgIpc) is 2.46. The molecule has 0 heterocycles. The van der Waals surface area contributed by atoms with E-state index in [9.17, 15) is 0 Å². The van der Waals surface area contributed by atoms with Crippen LogP contribution in [0, 0.1) is 0 Å². The van der Waals surface area contributed by atoms with Crippen LogP contribution in [-0.4, -0.2) is 30.7 Å². The molecule has 0 aromatic rings. The molecule has 130 valence electrons. The first-order valence-electron chi connectivity index (χ1n) is 9.59. The Morgan fingerprint density at radius 1 is 0.429 bits per heavy atom. The lowest BCUT2D eigenvalue weighted by Gasteiger charge is -2.39. The van der Waals surface area contributed by atoms with Gasteiger partial charge in [0.25, 0.3) is 0 Å². The van der Waals surface area contributed by atoms with Gasteiger partial charge < -0.3 is 28.5 Å². The maximum Gasteiger partial charge on any atom is 0.0786 e. The van der Waals surface area contributed by atoms with Gasteiger partial charge in [-0.1, -0.05) is 53.4 Å². The molecule has 0 aliphatic carbocycles. The number of hydrogen-bond donors (Lipinski definition) is 0. The van der Waals surface area contributed by atoms with Crippen LogP contribution in [0.5, 0.6) is 0 Å². The molecule has 0 spiro atoms. The van der Waals surface area contributed by atoms with Crippen molar-refractivity contribution in [2.45, 2.75) is 98.3 Å². The SMILES string of the molecule is CCCCC[N+](CCCC)(CCCCC)CCCCC.[I-]. The molecule has 0 unspecified atom stereocenters. The van der Waals surface area contributed by atoms with Crippen molar-refractivity contribution in [1.82, 2.24) is 0 Å². The smallest absolute Gasteiger partial charge is 0.0786 e. The summed E-state index contributed by atoms with van der Waals surface area (Å²) in [5.41, 5.74) is 0. The lowest BCUT2D eigenvalue weighted by Crippen LogP contribution is -3.00. The van der Waals surface area contributed by atoms with Crippen molar-refractivity contribution in [2.24, 2.45) is 0 Å². The number of quaternary nitrogens is 1. The number of unbranched alkanes of at least 4 members (excludes halogenated alkanes) is 7. The Labute approximate surface area is 152 Å². The van der Waals surface area contributed by atoms with Crippen molar-refractivity contribution >= 4 is 0 Å². The number of rotatable bonds is 15. The molecule has 0 atom stereocenters. The highest BCUT2D eigenvalue weighted by Crippen LogP contribution is 2.17. The predicted molar refractivity (Wildman–Crippen MR) is 93.2 cm³/mol. The standard InChI is InChI=1S/C19H42N.HI/c1-5-9-13-17-20(16-12-8-4,18-14-10-6-2)19-15-11-7-3;/h5-19H2,1-4H3;1H/q+1;/p-1. The molecule has 0 saturated carbocycles. The summed E-state index contributed by atoms with van der Waals surface area (Å²) in [6.07, 6.45) is 15.5. The monoisotopic (exact) mass is 411 g/mol. The molecule has 0 radical (unpaired) electrons. The molecule has 0 fully saturated rings. The van der Waals surface area contributed by atoms with Crippen LogP contribution in [0.2, 0.25) is 0 Å². The van der Waals surface area contributed by atoms with Gasteiger partial charge in [0.05, 0.1) is 26.2 Å². The Morgan fingerprint density at radius 2 is 0.714 bits per heavy atom. The summed E-state index contributed by atoms with van der Waals surface area (Å²) < 4.78 is 1.44. The zero-order valence-corrected chi connectivity index (χ0v) is 17.6. The first-order valence-corrected chi connectivity index (χ1v) is 9.59. The van der Waals surface area contributed by atoms with Crippen molar-refractivity contribution in [1.29, 1.82) is 0 Å². The molecule has 2 heteroatoms. The first kappa shape index (κ1) is 23.9. The summed E-state index contributed by atoms with van der Waals surface area (Å²) >= 11 is 0. The van der Waals surface area contributed by atoms with Crippen LogP contribution in [0.3, 0.4) is 0 Å². The Balaban J connectivity index is 0. The van der Waals surface area contributed by atoms with Crippen LogP contribution < -0.4 is 24.0 Å². The highest BCUT2D eigenvalue weighted by Gasteiger charge is 2.25. The van der Waals surface area contributed by atoms with Crippen LogP contribution in [0.25, 0.3) is 0 Å². The Hall–Kier alpha value is 0.690. The predicted octanol–water partition coefficient (Wildman–Crippen LogP) is 3.18. The van der Waals surface area contributed by atoms with Crippen molar-refractivity contribution < 1.29 is 28.5 Å². The van der Waals surface area contributed by atoms with E-state index in [1.807, 2.05) is 0 Å². The summed E-state index contributed by atoms with van der Waals surface area (Å²) in [6, 6.07) is 0. The third kappa shape index (κ3) is 12.9. The Morgan fingerprint density at radius 3 is 1.00 bits per heavy atom. The molecular formula is C19H42IN. The number of halogens is 1. The molecular weight excluding hydrogens is 369 g/mol. The van der Waals surface area contributed by atoms with Crippen LogP contribution >= 0.6 is 0 Å². The molecule has 0 aromatic heterocycles. The van der Waals surface area contributed by atoms with Crippen molar-refractivity contribution in [3.05, 3.63) is 0 Å². The van der Waals surface area contributed by atoms with Gasteiger partial charge in [0.15, 0.2) is 0 Å². The van der Waals surface area contributed by atoms with E-state index in [1.54, 1.807) is 0 Å². The van der Waals surface area contributed by atoms with Gasteiger partial charge in [-0.3, -0.25) is 0 Å². The highest BCUT2D eigenvalue weighted by molar-refractivity contribution is 4.51. The van der Waals surface area contributed by atoms with Crippen molar-refractivity contribution in [2.75, 3.05) is 26.2 Å². The molecule has 0 bridgehead atoms. The van der Waals surface area contributed by atoms with Crippen LogP contribution in [0.4, 0.5) is 0 Å². The summed E-state index contributed by atoms with van der Waals surface area (Å²) in [7, 11) is 0. The fourth-order valence-electron chi connectivity index (χ4n) is 3.26. The maximum atomic E-state index is 2.35. The second-order valence-corrected chi connectivity index (χ2v) is 6.71. The van der Waals surface area contributed by atoms with Gasteiger partial charge in [0.1, 0.15) is 0 Å². The second-order valence-electron chi connectivity index (χ2n) is 6.71. The Kier molecular flexibility index (Phi) is 19.4. The molecule has 0 aliphatic heterocycles. The fraction of sp³-hybridized carbons (Fsp3) is 1.00. The third-order valence-electron chi connectivity index (χ3n) is 4.69. The van der Waals surface area contributed by atoms with Gasteiger partial charge in [-0.2, -0.15) is 0 Å². The zero-order chi connectivity index (χ0) is 15.1. The molecule has 0 saturated heterocycles. The maximum absolute atomic E-state index is 2.35. The van der Waals surface area contributed by atoms with Crippen molar-refractivity contribution in [3.8, 4) is 0 Å². The zero-order valence-electron chi connectivity index (χ0n) is 15.4. The lowest BCUT2D eigenvalue weighted by molar-refractivity contribution is -0.929. The van der Waals surface area contributed by atoms with E-state index in [1.165, 1.54) is 101 Å². The third-order valence-corrected chi connectivity index (χ3v) is 4.69. The minimum Gasteiger partial charge on any atom is -1.00 e. The van der Waals surface area contributed by atoms with E-state index in [4.69, 9.17) is 0 Å². The quantitative estimate of drug-likeness (QED) is 0.221. The molecule has 0 N–H and O–H groups in total. The topological polar surface area (TPSA) is 0 Å². The van der Waals surface area contributed by atoms with Gasteiger partial charge in [-0.15, -0.1) is 0 Å². The van der Waals surface area contributed by atoms with E-state index in [2.05, 4.69) is 27.7 Å². The van der Waals surface area contributed by atoms with Crippen LogP contribution in [0.1, 0.15) is 98.3 Å². The van der Waals surface area contributed by atoms with E-state index < -0.39 is 0 Å². The average molecular weight is 411 g/mol. The molecule has 0 aliphatic rings. The minimum absolute atomic E-state index is 0. The summed E-state index contributed by atoms with van der Waals surface area (Å²) in [6.45, 7) is 15.1. The Bertz CT molecular complexity index is 167. The van der Waals surface area contributed by atoms with Gasteiger partial charge in [0, 0.05) is 0 Å². The number of nitrogens with zero attached hydrogens (tertiary/aromatic N) is 1. The molecule has 21 heavy (non-hydrogen) atoms. The van der Waals surface area contributed by atoms with Gasteiger partial charge >= 0.3 is 0 Å². The van der Waals surface area contributed by atoms with Gasteiger partial charge in [-0.05, 0) is 44.9 Å². The summed E-state index contributed by atoms with van der Waals surface area (Å²) in [5.74, 6) is 0. The first-order chi connectivity index (χ1) is 9.74. The summed E-state index contributed by atoms with van der Waals surface area (Å²) in [4.78, 5) is 0. The summed E-state index contributed by atoms with van der Waals surface area (Å²) in [5, 5.41) is 0. The highest BCUT2D eigenvalue weighted by atomic mass is 127. The lowest BCUT2D eigenvalue weighted by atomic mass is 10.1. The molecule has 0 aromatic carbocycles. The molecule has 0 rings (SSSR count). The second kappa shape index (κ2) is 17.1. The molecule has 0 amide bonds. The minimum atomic E-state index is 0. The van der Waals surface area contributed by atoms with E-state index in [-0.39, 0.29) is 24.0 Å². The van der Waals surface area contributed by atoms with E-state index in [0.717, 1.165) is 0 Å². The van der Waals surface area contributed by atoms with Gasteiger partial charge in [-0.25, -0.2) is 0 Å².